The van der Waals surface area contributed by atoms with Crippen LogP contribution in [0.2, 0.25) is 5.02 Å². The molecule has 3 N–H and O–H groups in total. The van der Waals surface area contributed by atoms with Gasteiger partial charge in [0.25, 0.3) is 5.89 Å². The van der Waals surface area contributed by atoms with E-state index in [1.54, 1.807) is 12.1 Å². The molecule has 4 aromatic rings. The quantitative estimate of drug-likeness (QED) is 0.313. The van der Waals surface area contributed by atoms with Gasteiger partial charge in [-0.1, -0.05) is 29.8 Å². The molecular weight excluding hydrogens is 556 g/mol. The number of ether oxygens (including phenoxy) is 2. The van der Waals surface area contributed by atoms with Crippen LogP contribution in [0.15, 0.2) is 58.0 Å². The van der Waals surface area contributed by atoms with Crippen LogP contribution in [-0.4, -0.2) is 66.3 Å². The zero-order chi connectivity index (χ0) is 27.7. The molecule has 2 aromatic heterocycles. The van der Waals surface area contributed by atoms with E-state index in [9.17, 15) is 8.42 Å². The summed E-state index contributed by atoms with van der Waals surface area (Å²) < 4.78 is 42.5. The summed E-state index contributed by atoms with van der Waals surface area (Å²) in [6.45, 7) is 2.87. The van der Waals surface area contributed by atoms with Crippen molar-refractivity contribution in [2.45, 2.75) is 35.6 Å². The zero-order valence-corrected chi connectivity index (χ0v) is 23.0. The number of sulfone groups is 1. The number of nitrogens with two attached hydrogens (primary N) is 1. The number of halogens is 1. The largest absolute Gasteiger partial charge is 0.414 e. The standard InChI is InChI=1S/C27H27ClN6O5S/c28-21-11-18(5-6-23(21)40(35,36)20-8-10-38-15-20)22-13-31-25(29)24(32-22)27-34-33-26(39-27)17-3-1-16(2-4-17)12-30-19-7-9-37-14-19/h1-6,11,13,19-20,30H,7-10,12,14-15H2,(H2,29,31)/t19-,20?/m1/s1. The molecule has 208 valence electrons. The molecule has 40 heavy (non-hydrogen) atoms. The first-order valence-electron chi connectivity index (χ1n) is 12.9. The summed E-state index contributed by atoms with van der Waals surface area (Å²) in [6, 6.07) is 12.9. The number of hydrogen-bond donors (Lipinski definition) is 2. The first-order chi connectivity index (χ1) is 19.4. The van der Waals surface area contributed by atoms with Crippen LogP contribution in [0.25, 0.3) is 34.3 Å². The maximum atomic E-state index is 13.0. The molecule has 2 aliphatic rings. The number of nitrogens with zero attached hydrogens (tertiary/aromatic N) is 4. The highest BCUT2D eigenvalue weighted by atomic mass is 35.5. The summed E-state index contributed by atoms with van der Waals surface area (Å²) in [5, 5.41) is 11.3. The van der Waals surface area contributed by atoms with Gasteiger partial charge in [0.2, 0.25) is 5.89 Å². The van der Waals surface area contributed by atoms with Crippen molar-refractivity contribution in [2.75, 3.05) is 32.2 Å². The SMILES string of the molecule is Nc1ncc(-c2ccc(S(=O)(=O)C3CCOC3)c(Cl)c2)nc1-c1nnc(-c2ccc(CN[C@@H]3CCOC3)cc2)o1. The molecule has 2 aliphatic heterocycles. The predicted molar refractivity (Wildman–Crippen MR) is 148 cm³/mol. The number of aromatic nitrogens is 4. The average molecular weight is 583 g/mol. The molecule has 0 radical (unpaired) electrons. The summed E-state index contributed by atoms with van der Waals surface area (Å²) in [7, 11) is -3.61. The van der Waals surface area contributed by atoms with Gasteiger partial charge in [-0.05, 0) is 42.7 Å². The van der Waals surface area contributed by atoms with E-state index in [-0.39, 0.29) is 33.9 Å². The fourth-order valence-electron chi connectivity index (χ4n) is 4.68. The predicted octanol–water partition coefficient (Wildman–Crippen LogP) is 3.54. The molecule has 2 atom stereocenters. The molecule has 2 saturated heterocycles. The second kappa shape index (κ2) is 11.2. The van der Waals surface area contributed by atoms with E-state index in [2.05, 4.69) is 25.5 Å². The molecule has 0 bridgehead atoms. The van der Waals surface area contributed by atoms with E-state index < -0.39 is 15.1 Å². The summed E-state index contributed by atoms with van der Waals surface area (Å²) in [5.74, 6) is 0.543. The monoisotopic (exact) mass is 582 g/mol. The molecule has 11 nitrogen and oxygen atoms in total. The fraction of sp³-hybridized carbons (Fsp3) is 0.333. The Morgan fingerprint density at radius 3 is 2.45 bits per heavy atom. The first-order valence-corrected chi connectivity index (χ1v) is 14.8. The number of rotatable bonds is 8. The van der Waals surface area contributed by atoms with Gasteiger partial charge < -0.3 is 24.9 Å². The topological polar surface area (TPSA) is 155 Å². The average Bonchev–Trinajstić information content (AvgIpc) is 3.76. The Bertz CT molecular complexity index is 1620. The highest BCUT2D eigenvalue weighted by Gasteiger charge is 2.32. The summed E-state index contributed by atoms with van der Waals surface area (Å²) in [5.41, 5.74) is 9.18. The minimum absolute atomic E-state index is 0.0629. The van der Waals surface area contributed by atoms with E-state index >= 15 is 0 Å². The first kappa shape index (κ1) is 26.8. The molecule has 0 spiro atoms. The van der Waals surface area contributed by atoms with Crippen molar-refractivity contribution >= 4 is 27.3 Å². The molecule has 4 heterocycles. The maximum Gasteiger partial charge on any atom is 0.270 e. The number of anilines is 1. The molecule has 2 aromatic carbocycles. The van der Waals surface area contributed by atoms with Gasteiger partial charge in [-0.15, -0.1) is 10.2 Å². The lowest BCUT2D eigenvalue weighted by atomic mass is 10.1. The molecule has 13 heteroatoms. The smallest absolute Gasteiger partial charge is 0.270 e. The second-order valence-electron chi connectivity index (χ2n) is 9.72. The Morgan fingerprint density at radius 1 is 0.975 bits per heavy atom. The fourth-order valence-corrected chi connectivity index (χ4v) is 6.81. The van der Waals surface area contributed by atoms with Crippen LogP contribution in [0.5, 0.6) is 0 Å². The van der Waals surface area contributed by atoms with Crippen LogP contribution in [0, 0.1) is 0 Å². The van der Waals surface area contributed by atoms with Crippen LogP contribution in [0.4, 0.5) is 5.82 Å². The van der Waals surface area contributed by atoms with Crippen molar-refractivity contribution in [3.8, 4) is 34.3 Å². The maximum absolute atomic E-state index is 13.0. The van der Waals surface area contributed by atoms with Crippen LogP contribution in [0.1, 0.15) is 18.4 Å². The normalized spacial score (nSPS) is 19.3. The molecule has 0 aliphatic carbocycles. The third-order valence-electron chi connectivity index (χ3n) is 7.01. The minimum atomic E-state index is -3.61. The van der Waals surface area contributed by atoms with Gasteiger partial charge in [-0.25, -0.2) is 18.4 Å². The van der Waals surface area contributed by atoms with Crippen molar-refractivity contribution in [2.24, 2.45) is 0 Å². The van der Waals surface area contributed by atoms with Crippen LogP contribution in [-0.2, 0) is 25.9 Å². The van der Waals surface area contributed by atoms with Gasteiger partial charge in [0.15, 0.2) is 21.3 Å². The van der Waals surface area contributed by atoms with Crippen molar-refractivity contribution < 1.29 is 22.3 Å². The summed E-state index contributed by atoms with van der Waals surface area (Å²) in [6.07, 6.45) is 2.94. The van der Waals surface area contributed by atoms with Crippen molar-refractivity contribution in [3.63, 3.8) is 0 Å². The summed E-state index contributed by atoms with van der Waals surface area (Å²) in [4.78, 5) is 8.88. The Labute approximate surface area is 236 Å². The van der Waals surface area contributed by atoms with E-state index in [0.29, 0.717) is 36.2 Å². The van der Waals surface area contributed by atoms with Crippen molar-refractivity contribution in [1.82, 2.24) is 25.5 Å². The highest BCUT2D eigenvalue weighted by molar-refractivity contribution is 7.92. The van der Waals surface area contributed by atoms with E-state index in [4.69, 9.17) is 31.2 Å². The third-order valence-corrected chi connectivity index (χ3v) is 9.66. The molecule has 0 amide bonds. The minimum Gasteiger partial charge on any atom is -0.414 e. The van der Waals surface area contributed by atoms with Gasteiger partial charge >= 0.3 is 0 Å². The van der Waals surface area contributed by atoms with Gasteiger partial charge in [0, 0.05) is 36.9 Å². The van der Waals surface area contributed by atoms with Crippen molar-refractivity contribution in [3.05, 3.63) is 59.2 Å². The Kier molecular flexibility index (Phi) is 7.51. The van der Waals surface area contributed by atoms with Crippen LogP contribution >= 0.6 is 11.6 Å². The Balaban J connectivity index is 1.21. The van der Waals surface area contributed by atoms with E-state index in [1.165, 1.54) is 12.3 Å². The Morgan fingerprint density at radius 2 is 1.73 bits per heavy atom. The van der Waals surface area contributed by atoms with Gasteiger partial charge in [0.1, 0.15) is 0 Å². The number of nitrogens with one attached hydrogen (secondary N) is 1. The summed E-state index contributed by atoms with van der Waals surface area (Å²) >= 11 is 6.42. The second-order valence-corrected chi connectivity index (χ2v) is 12.3. The third kappa shape index (κ3) is 5.45. The highest BCUT2D eigenvalue weighted by Crippen LogP contribution is 2.33. The zero-order valence-electron chi connectivity index (χ0n) is 21.4. The molecule has 6 rings (SSSR count). The lowest BCUT2D eigenvalue weighted by Crippen LogP contribution is -2.28. The number of benzene rings is 2. The lowest BCUT2D eigenvalue weighted by molar-refractivity contribution is 0.190. The van der Waals surface area contributed by atoms with Crippen LogP contribution in [0.3, 0.4) is 0 Å². The lowest BCUT2D eigenvalue weighted by Gasteiger charge is -2.12. The van der Waals surface area contributed by atoms with Gasteiger partial charge in [-0.3, -0.25) is 0 Å². The van der Waals surface area contributed by atoms with E-state index in [1.807, 2.05) is 24.3 Å². The molecule has 2 fully saturated rings. The Hall–Kier alpha value is -3.42. The van der Waals surface area contributed by atoms with E-state index in [0.717, 1.165) is 37.3 Å². The molecule has 0 saturated carbocycles. The number of nitrogen functional groups attached to an aromatic ring is 1. The van der Waals surface area contributed by atoms with Crippen LogP contribution < -0.4 is 11.1 Å². The molecular formula is C27H27ClN6O5S. The number of hydrogen-bond acceptors (Lipinski definition) is 11. The molecule has 1 unspecified atom stereocenters. The van der Waals surface area contributed by atoms with Crippen molar-refractivity contribution in [1.29, 1.82) is 0 Å². The van der Waals surface area contributed by atoms with Gasteiger partial charge in [0.05, 0.1) is 40.3 Å². The van der Waals surface area contributed by atoms with Gasteiger partial charge in [-0.2, -0.15) is 0 Å².